The molecule has 20 heavy (non-hydrogen) atoms. The monoisotopic (exact) mass is 277 g/mol. The van der Waals surface area contributed by atoms with Crippen LogP contribution in [0.2, 0.25) is 0 Å². The molecular formula is C16H17F2NO. The minimum Gasteiger partial charge on any atom is -0.395 e. The molecule has 0 aliphatic rings. The summed E-state index contributed by atoms with van der Waals surface area (Å²) < 4.78 is 26.8. The molecule has 0 saturated heterocycles. The van der Waals surface area contributed by atoms with Crippen LogP contribution in [-0.2, 0) is 11.8 Å². The van der Waals surface area contributed by atoms with E-state index in [0.717, 1.165) is 11.6 Å². The van der Waals surface area contributed by atoms with Crippen molar-refractivity contribution in [3.63, 3.8) is 0 Å². The van der Waals surface area contributed by atoms with E-state index in [0.29, 0.717) is 5.56 Å². The van der Waals surface area contributed by atoms with Crippen molar-refractivity contribution in [2.45, 2.75) is 11.8 Å². The van der Waals surface area contributed by atoms with Crippen molar-refractivity contribution in [3.05, 3.63) is 71.3 Å². The lowest BCUT2D eigenvalue weighted by Gasteiger charge is -2.31. The minimum atomic E-state index is -0.764. The number of benzene rings is 2. The molecule has 0 bridgehead atoms. The van der Waals surface area contributed by atoms with Crippen LogP contribution >= 0.6 is 0 Å². The standard InChI is InChI=1S/C16H17F2NO/c17-14-7-6-12(15(18)8-14)9-16(10-19,11-20)13-4-2-1-3-5-13/h1-8,20H,9-11,19H2. The lowest BCUT2D eigenvalue weighted by molar-refractivity contribution is 0.195. The van der Waals surface area contributed by atoms with E-state index in [1.807, 2.05) is 30.3 Å². The van der Waals surface area contributed by atoms with Gasteiger partial charge >= 0.3 is 0 Å². The fourth-order valence-corrected chi connectivity index (χ4v) is 2.33. The average Bonchev–Trinajstić information content (AvgIpc) is 2.48. The van der Waals surface area contributed by atoms with E-state index in [2.05, 4.69) is 0 Å². The molecule has 2 nitrogen and oxygen atoms in total. The minimum absolute atomic E-state index is 0.171. The summed E-state index contributed by atoms with van der Waals surface area (Å²) in [6.07, 6.45) is 0.218. The van der Waals surface area contributed by atoms with Crippen molar-refractivity contribution in [2.24, 2.45) is 5.73 Å². The number of aliphatic hydroxyl groups excluding tert-OH is 1. The summed E-state index contributed by atoms with van der Waals surface area (Å²) in [6.45, 7) is -0.0331. The Hall–Kier alpha value is -1.78. The largest absolute Gasteiger partial charge is 0.395 e. The third-order valence-electron chi connectivity index (χ3n) is 3.62. The second-order valence-electron chi connectivity index (χ2n) is 4.92. The van der Waals surface area contributed by atoms with Crippen LogP contribution in [-0.4, -0.2) is 18.3 Å². The molecule has 0 aromatic heterocycles. The van der Waals surface area contributed by atoms with Crippen LogP contribution in [0.5, 0.6) is 0 Å². The smallest absolute Gasteiger partial charge is 0.129 e. The second-order valence-corrected chi connectivity index (χ2v) is 4.92. The van der Waals surface area contributed by atoms with E-state index in [4.69, 9.17) is 5.73 Å². The predicted molar refractivity (Wildman–Crippen MR) is 74.3 cm³/mol. The van der Waals surface area contributed by atoms with Gasteiger partial charge in [0.15, 0.2) is 0 Å². The van der Waals surface area contributed by atoms with Gasteiger partial charge in [-0.1, -0.05) is 36.4 Å². The maximum Gasteiger partial charge on any atom is 0.129 e. The fraction of sp³-hybridized carbons (Fsp3) is 0.250. The van der Waals surface area contributed by atoms with Gasteiger partial charge < -0.3 is 10.8 Å². The summed E-state index contributed by atoms with van der Waals surface area (Å²) in [5.41, 5.74) is 6.24. The SMILES string of the molecule is NCC(CO)(Cc1ccc(F)cc1F)c1ccccc1. The predicted octanol–water partition coefficient (Wildman–Crippen LogP) is 2.40. The van der Waals surface area contributed by atoms with Crippen LogP contribution in [0.4, 0.5) is 8.78 Å². The quantitative estimate of drug-likeness (QED) is 0.881. The van der Waals surface area contributed by atoms with Crippen molar-refractivity contribution in [2.75, 3.05) is 13.2 Å². The molecule has 0 heterocycles. The highest BCUT2D eigenvalue weighted by Crippen LogP contribution is 2.28. The highest BCUT2D eigenvalue weighted by Gasteiger charge is 2.31. The van der Waals surface area contributed by atoms with E-state index in [-0.39, 0.29) is 19.6 Å². The molecule has 0 amide bonds. The third kappa shape index (κ3) is 2.86. The third-order valence-corrected chi connectivity index (χ3v) is 3.62. The number of aliphatic hydroxyl groups is 1. The number of halogens is 2. The first kappa shape index (κ1) is 14.6. The molecule has 1 atom stereocenters. The van der Waals surface area contributed by atoms with Gasteiger partial charge in [-0.25, -0.2) is 8.78 Å². The molecule has 0 saturated carbocycles. The molecule has 1 unspecified atom stereocenters. The van der Waals surface area contributed by atoms with Crippen LogP contribution in [0.25, 0.3) is 0 Å². The second kappa shape index (κ2) is 6.11. The Kier molecular flexibility index (Phi) is 4.47. The Morgan fingerprint density at radius 2 is 1.75 bits per heavy atom. The van der Waals surface area contributed by atoms with E-state index in [1.165, 1.54) is 12.1 Å². The van der Waals surface area contributed by atoms with E-state index in [9.17, 15) is 13.9 Å². The zero-order valence-corrected chi connectivity index (χ0v) is 11.0. The van der Waals surface area contributed by atoms with Crippen molar-refractivity contribution < 1.29 is 13.9 Å². The highest BCUT2D eigenvalue weighted by atomic mass is 19.1. The summed E-state index contributed by atoms with van der Waals surface area (Å²) in [7, 11) is 0. The fourth-order valence-electron chi connectivity index (χ4n) is 2.33. The van der Waals surface area contributed by atoms with Gasteiger partial charge in [0, 0.05) is 18.0 Å². The Labute approximate surface area is 116 Å². The van der Waals surface area contributed by atoms with Gasteiger partial charge in [0.05, 0.1) is 6.61 Å². The molecule has 0 fully saturated rings. The van der Waals surface area contributed by atoms with Crippen molar-refractivity contribution in [1.29, 1.82) is 0 Å². The van der Waals surface area contributed by atoms with E-state index >= 15 is 0 Å². The number of hydrogen-bond donors (Lipinski definition) is 2. The van der Waals surface area contributed by atoms with Crippen LogP contribution in [0, 0.1) is 11.6 Å². The first-order chi connectivity index (χ1) is 9.61. The van der Waals surface area contributed by atoms with Crippen molar-refractivity contribution in [3.8, 4) is 0 Å². The molecular weight excluding hydrogens is 260 g/mol. The molecule has 4 heteroatoms. The Morgan fingerprint density at radius 1 is 1.05 bits per heavy atom. The summed E-state index contributed by atoms with van der Waals surface area (Å²) in [5, 5.41) is 9.76. The van der Waals surface area contributed by atoms with Crippen LogP contribution in [0.1, 0.15) is 11.1 Å². The van der Waals surface area contributed by atoms with E-state index in [1.54, 1.807) is 0 Å². The maximum atomic E-state index is 13.8. The summed E-state index contributed by atoms with van der Waals surface area (Å²) in [6, 6.07) is 12.7. The van der Waals surface area contributed by atoms with E-state index < -0.39 is 17.0 Å². The summed E-state index contributed by atoms with van der Waals surface area (Å²) in [4.78, 5) is 0. The van der Waals surface area contributed by atoms with Crippen molar-refractivity contribution in [1.82, 2.24) is 0 Å². The number of hydrogen-bond acceptors (Lipinski definition) is 2. The molecule has 0 spiro atoms. The molecule has 2 aromatic rings. The summed E-state index contributed by atoms with van der Waals surface area (Å²) >= 11 is 0. The van der Waals surface area contributed by atoms with Gasteiger partial charge in [-0.3, -0.25) is 0 Å². The Morgan fingerprint density at radius 3 is 2.30 bits per heavy atom. The Balaban J connectivity index is 2.39. The number of nitrogens with two attached hydrogens (primary N) is 1. The molecule has 0 radical (unpaired) electrons. The van der Waals surface area contributed by atoms with Gasteiger partial charge in [0.2, 0.25) is 0 Å². The molecule has 0 aliphatic carbocycles. The molecule has 3 N–H and O–H groups in total. The zero-order chi connectivity index (χ0) is 14.6. The zero-order valence-electron chi connectivity index (χ0n) is 11.0. The topological polar surface area (TPSA) is 46.2 Å². The number of rotatable bonds is 5. The molecule has 0 aliphatic heterocycles. The lowest BCUT2D eigenvalue weighted by atomic mass is 9.76. The molecule has 2 aromatic carbocycles. The summed E-state index contributed by atoms with van der Waals surface area (Å²) in [5.74, 6) is -1.24. The first-order valence-corrected chi connectivity index (χ1v) is 6.42. The molecule has 2 rings (SSSR count). The van der Waals surface area contributed by atoms with Gasteiger partial charge in [-0.05, 0) is 23.6 Å². The van der Waals surface area contributed by atoms with Crippen molar-refractivity contribution >= 4 is 0 Å². The van der Waals surface area contributed by atoms with Gasteiger partial charge in [-0.2, -0.15) is 0 Å². The van der Waals surface area contributed by atoms with Crippen LogP contribution in [0.3, 0.4) is 0 Å². The maximum absolute atomic E-state index is 13.8. The normalized spacial score (nSPS) is 14.0. The van der Waals surface area contributed by atoms with Crippen LogP contribution < -0.4 is 5.73 Å². The average molecular weight is 277 g/mol. The first-order valence-electron chi connectivity index (χ1n) is 6.42. The van der Waals surface area contributed by atoms with Gasteiger partial charge in [0.1, 0.15) is 11.6 Å². The highest BCUT2D eigenvalue weighted by molar-refractivity contribution is 5.31. The van der Waals surface area contributed by atoms with Gasteiger partial charge in [-0.15, -0.1) is 0 Å². The Bertz CT molecular complexity index is 568. The lowest BCUT2D eigenvalue weighted by Crippen LogP contribution is -2.41. The molecule has 106 valence electrons. The van der Waals surface area contributed by atoms with Gasteiger partial charge in [0.25, 0.3) is 0 Å². The van der Waals surface area contributed by atoms with Crippen LogP contribution in [0.15, 0.2) is 48.5 Å².